The number of nitrogens with one attached hydrogen (secondary N) is 1. The van der Waals surface area contributed by atoms with E-state index in [-0.39, 0.29) is 18.4 Å². The second-order valence-corrected chi connectivity index (χ2v) is 8.57. The van der Waals surface area contributed by atoms with Crippen molar-refractivity contribution in [2.75, 3.05) is 32.8 Å². The lowest BCUT2D eigenvalue weighted by molar-refractivity contribution is -0.121. The lowest BCUT2D eigenvalue weighted by Gasteiger charge is -2.31. The van der Waals surface area contributed by atoms with Crippen molar-refractivity contribution >= 4 is 17.2 Å². The van der Waals surface area contributed by atoms with Crippen molar-refractivity contribution in [1.82, 2.24) is 15.2 Å². The highest BCUT2D eigenvalue weighted by atomic mass is 32.1. The van der Waals surface area contributed by atoms with Gasteiger partial charge >= 0.3 is 0 Å². The molecular formula is C23H27N3O3S. The highest BCUT2D eigenvalue weighted by molar-refractivity contribution is 7.13. The molecule has 1 fully saturated rings. The molecule has 0 aliphatic carbocycles. The van der Waals surface area contributed by atoms with Crippen molar-refractivity contribution in [2.24, 2.45) is 0 Å². The molecule has 0 spiro atoms. The number of carbonyl (C=O) groups excluding carboxylic acids is 1. The molecule has 1 saturated heterocycles. The SMILES string of the molecule is Cc1ccc(C(CN2CCOCC2)NC(=O)Cc2nc(-c3cccs3)oc2C)cc1. The number of aromatic nitrogens is 1. The number of ether oxygens (including phenoxy) is 1. The maximum absolute atomic E-state index is 12.9. The summed E-state index contributed by atoms with van der Waals surface area (Å²) in [5.74, 6) is 1.21. The highest BCUT2D eigenvalue weighted by Gasteiger charge is 2.22. The zero-order valence-electron chi connectivity index (χ0n) is 17.4. The van der Waals surface area contributed by atoms with Crippen LogP contribution in [0.1, 0.15) is 28.6 Å². The Balaban J connectivity index is 1.46. The first-order valence-electron chi connectivity index (χ1n) is 10.2. The fourth-order valence-electron chi connectivity index (χ4n) is 3.57. The summed E-state index contributed by atoms with van der Waals surface area (Å²) in [5.41, 5.74) is 3.00. The van der Waals surface area contributed by atoms with Gasteiger partial charge in [0.1, 0.15) is 5.76 Å². The van der Waals surface area contributed by atoms with E-state index in [1.165, 1.54) is 5.56 Å². The van der Waals surface area contributed by atoms with Crippen molar-refractivity contribution < 1.29 is 13.9 Å². The van der Waals surface area contributed by atoms with Gasteiger partial charge in [-0.1, -0.05) is 35.9 Å². The molecule has 2 aromatic heterocycles. The van der Waals surface area contributed by atoms with Crippen LogP contribution >= 0.6 is 11.3 Å². The van der Waals surface area contributed by atoms with Crippen molar-refractivity contribution in [1.29, 1.82) is 0 Å². The number of thiophene rings is 1. The number of carbonyl (C=O) groups is 1. The first-order valence-corrected chi connectivity index (χ1v) is 11.1. The Kier molecular flexibility index (Phi) is 6.62. The maximum Gasteiger partial charge on any atom is 0.236 e. The zero-order valence-corrected chi connectivity index (χ0v) is 18.2. The average molecular weight is 426 g/mol. The van der Waals surface area contributed by atoms with Crippen LogP contribution in [0, 0.1) is 13.8 Å². The predicted octanol–water partition coefficient (Wildman–Crippen LogP) is 3.75. The second-order valence-electron chi connectivity index (χ2n) is 7.62. The minimum Gasteiger partial charge on any atom is -0.440 e. The van der Waals surface area contributed by atoms with Crippen LogP contribution in [0.4, 0.5) is 0 Å². The first-order chi connectivity index (χ1) is 14.6. The third-order valence-corrected chi connectivity index (χ3v) is 6.17. The molecule has 3 aromatic rings. The molecule has 1 N–H and O–H groups in total. The van der Waals surface area contributed by atoms with E-state index in [0.717, 1.165) is 43.3 Å². The van der Waals surface area contributed by atoms with Crippen LogP contribution in [0.25, 0.3) is 10.8 Å². The van der Waals surface area contributed by atoms with E-state index in [1.54, 1.807) is 11.3 Å². The minimum atomic E-state index is -0.0832. The van der Waals surface area contributed by atoms with Crippen LogP contribution in [0.15, 0.2) is 46.2 Å². The Morgan fingerprint density at radius 2 is 1.97 bits per heavy atom. The third-order valence-electron chi connectivity index (χ3n) is 5.31. The van der Waals surface area contributed by atoms with E-state index >= 15 is 0 Å². The average Bonchev–Trinajstić information content (AvgIpc) is 3.39. The quantitative estimate of drug-likeness (QED) is 0.624. The van der Waals surface area contributed by atoms with Gasteiger partial charge in [0.05, 0.1) is 36.2 Å². The molecule has 6 nitrogen and oxygen atoms in total. The van der Waals surface area contributed by atoms with E-state index < -0.39 is 0 Å². The van der Waals surface area contributed by atoms with Crippen LogP contribution in [0.2, 0.25) is 0 Å². The Bertz CT molecular complexity index is 960. The van der Waals surface area contributed by atoms with E-state index in [4.69, 9.17) is 9.15 Å². The molecule has 0 saturated carbocycles. The molecule has 30 heavy (non-hydrogen) atoms. The van der Waals surface area contributed by atoms with Crippen LogP contribution in [-0.4, -0.2) is 48.6 Å². The molecule has 1 atom stereocenters. The second kappa shape index (κ2) is 9.55. The number of amides is 1. The molecule has 7 heteroatoms. The predicted molar refractivity (Wildman–Crippen MR) is 118 cm³/mol. The largest absolute Gasteiger partial charge is 0.440 e. The number of benzene rings is 1. The molecule has 1 amide bonds. The van der Waals surface area contributed by atoms with Gasteiger partial charge in [-0.3, -0.25) is 9.69 Å². The molecule has 1 aliphatic rings. The van der Waals surface area contributed by atoms with Crippen LogP contribution in [0.3, 0.4) is 0 Å². The summed E-state index contributed by atoms with van der Waals surface area (Å²) in [4.78, 5) is 20.8. The molecule has 1 aliphatic heterocycles. The van der Waals surface area contributed by atoms with Gasteiger partial charge in [-0.15, -0.1) is 11.3 Å². The smallest absolute Gasteiger partial charge is 0.236 e. The summed E-state index contributed by atoms with van der Waals surface area (Å²) in [6, 6.07) is 12.2. The van der Waals surface area contributed by atoms with Gasteiger partial charge in [0.15, 0.2) is 0 Å². The normalized spacial score (nSPS) is 15.8. The Labute approximate surface area is 180 Å². The molecule has 0 bridgehead atoms. The number of nitrogens with zero attached hydrogens (tertiary/aromatic N) is 2. The summed E-state index contributed by atoms with van der Waals surface area (Å²) < 4.78 is 11.2. The van der Waals surface area contributed by atoms with E-state index in [2.05, 4.69) is 46.4 Å². The fourth-order valence-corrected chi connectivity index (χ4v) is 4.22. The maximum atomic E-state index is 12.9. The van der Waals surface area contributed by atoms with Crippen LogP contribution < -0.4 is 5.32 Å². The number of aryl methyl sites for hydroxylation is 2. The number of rotatable bonds is 7. The Morgan fingerprint density at radius 1 is 1.20 bits per heavy atom. The fraction of sp³-hybridized carbons (Fsp3) is 0.391. The molecule has 3 heterocycles. The Hall–Kier alpha value is -2.48. The van der Waals surface area contributed by atoms with Crippen molar-refractivity contribution in [3.05, 3.63) is 64.4 Å². The van der Waals surface area contributed by atoms with Crippen molar-refractivity contribution in [3.63, 3.8) is 0 Å². The number of morpholine rings is 1. The third kappa shape index (κ3) is 5.16. The van der Waals surface area contributed by atoms with Crippen molar-refractivity contribution in [2.45, 2.75) is 26.3 Å². The summed E-state index contributed by atoms with van der Waals surface area (Å²) in [7, 11) is 0. The first kappa shape index (κ1) is 20.8. The zero-order chi connectivity index (χ0) is 20.9. The van der Waals surface area contributed by atoms with Gasteiger partial charge in [-0.2, -0.15) is 0 Å². The Morgan fingerprint density at radius 3 is 2.67 bits per heavy atom. The number of hydrogen-bond acceptors (Lipinski definition) is 6. The lowest BCUT2D eigenvalue weighted by atomic mass is 10.0. The summed E-state index contributed by atoms with van der Waals surface area (Å²) in [6.07, 6.45) is 0.201. The molecular weight excluding hydrogens is 398 g/mol. The molecule has 1 unspecified atom stereocenters. The van der Waals surface area contributed by atoms with Gasteiger partial charge in [-0.25, -0.2) is 4.98 Å². The summed E-state index contributed by atoms with van der Waals surface area (Å²) in [5, 5.41) is 5.20. The lowest BCUT2D eigenvalue weighted by Crippen LogP contribution is -2.43. The number of oxazole rings is 1. The topological polar surface area (TPSA) is 67.6 Å². The minimum absolute atomic E-state index is 0.0528. The van der Waals surface area contributed by atoms with E-state index in [9.17, 15) is 4.79 Å². The molecule has 0 radical (unpaired) electrons. The van der Waals surface area contributed by atoms with E-state index in [1.807, 2.05) is 24.4 Å². The van der Waals surface area contributed by atoms with Gasteiger partial charge < -0.3 is 14.5 Å². The van der Waals surface area contributed by atoms with Gasteiger partial charge in [0.25, 0.3) is 0 Å². The highest BCUT2D eigenvalue weighted by Crippen LogP contribution is 2.26. The monoisotopic (exact) mass is 425 g/mol. The van der Waals surface area contributed by atoms with Crippen LogP contribution in [0.5, 0.6) is 0 Å². The molecule has 158 valence electrons. The standard InChI is InChI=1S/C23H27N3O3S/c1-16-5-7-18(8-6-16)20(15-26-9-11-28-12-10-26)24-22(27)14-19-17(2)29-23(25-19)21-4-3-13-30-21/h3-8,13,20H,9-12,14-15H2,1-2H3,(H,24,27). The summed E-state index contributed by atoms with van der Waals surface area (Å²) in [6.45, 7) is 7.91. The van der Waals surface area contributed by atoms with Crippen LogP contribution in [-0.2, 0) is 16.0 Å². The van der Waals surface area contributed by atoms with Crippen molar-refractivity contribution in [3.8, 4) is 10.8 Å². The van der Waals surface area contributed by atoms with E-state index in [0.29, 0.717) is 17.3 Å². The molecule has 4 rings (SSSR count). The van der Waals surface area contributed by atoms with Gasteiger partial charge in [0, 0.05) is 19.6 Å². The van der Waals surface area contributed by atoms with Gasteiger partial charge in [-0.05, 0) is 30.9 Å². The van der Waals surface area contributed by atoms with Gasteiger partial charge in [0.2, 0.25) is 11.8 Å². The molecule has 1 aromatic carbocycles. The summed E-state index contributed by atoms with van der Waals surface area (Å²) >= 11 is 1.57. The number of hydrogen-bond donors (Lipinski definition) is 1.